The molecule has 7 nitrogen and oxygen atoms in total. The summed E-state index contributed by atoms with van der Waals surface area (Å²) in [5.41, 5.74) is 0.911. The molecule has 0 aliphatic carbocycles. The van der Waals surface area contributed by atoms with Crippen molar-refractivity contribution in [2.45, 2.75) is 36.3 Å². The Morgan fingerprint density at radius 2 is 2.14 bits per heavy atom. The van der Waals surface area contributed by atoms with Crippen LogP contribution in [0, 0.1) is 0 Å². The molecule has 4 rings (SSSR count). The third-order valence-electron chi connectivity index (χ3n) is 4.57. The van der Waals surface area contributed by atoms with Gasteiger partial charge in [0.15, 0.2) is 10.9 Å². The zero-order valence-electron chi connectivity index (χ0n) is 15.6. The van der Waals surface area contributed by atoms with Crippen molar-refractivity contribution >= 4 is 17.7 Å². The van der Waals surface area contributed by atoms with E-state index in [-0.39, 0.29) is 17.3 Å². The van der Waals surface area contributed by atoms with Crippen LogP contribution in [0.2, 0.25) is 0 Å². The number of hydrogen-bond donors (Lipinski definition) is 1. The van der Waals surface area contributed by atoms with E-state index >= 15 is 0 Å². The molecule has 0 saturated carbocycles. The number of carbonyl (C=O) groups is 1. The Kier molecular flexibility index (Phi) is 5.78. The van der Waals surface area contributed by atoms with E-state index in [1.54, 1.807) is 6.26 Å². The molecule has 3 aromatic rings. The van der Waals surface area contributed by atoms with Gasteiger partial charge in [-0.25, -0.2) is 0 Å². The predicted molar refractivity (Wildman–Crippen MR) is 106 cm³/mol. The van der Waals surface area contributed by atoms with E-state index in [0.29, 0.717) is 23.3 Å². The highest BCUT2D eigenvalue weighted by Crippen LogP contribution is 2.30. The fraction of sp³-hybridized carbons (Fsp3) is 0.350. The van der Waals surface area contributed by atoms with Gasteiger partial charge in [-0.3, -0.25) is 9.36 Å². The van der Waals surface area contributed by atoms with Crippen molar-refractivity contribution in [1.29, 1.82) is 0 Å². The van der Waals surface area contributed by atoms with Crippen molar-refractivity contribution in [2.75, 3.05) is 13.2 Å². The average Bonchev–Trinajstić information content (AvgIpc) is 3.47. The number of nitrogens with zero attached hydrogens (tertiary/aromatic N) is 3. The van der Waals surface area contributed by atoms with Crippen LogP contribution in [0.3, 0.4) is 0 Å². The first kappa shape index (κ1) is 18.8. The van der Waals surface area contributed by atoms with Crippen molar-refractivity contribution in [3.8, 4) is 17.3 Å². The summed E-state index contributed by atoms with van der Waals surface area (Å²) in [5, 5.41) is 11.9. The zero-order chi connectivity index (χ0) is 19.3. The van der Waals surface area contributed by atoms with Crippen LogP contribution >= 0.6 is 11.8 Å². The van der Waals surface area contributed by atoms with Crippen molar-refractivity contribution in [2.24, 2.45) is 0 Å². The summed E-state index contributed by atoms with van der Waals surface area (Å²) in [5.74, 6) is 1.19. The van der Waals surface area contributed by atoms with Crippen molar-refractivity contribution in [1.82, 2.24) is 20.1 Å². The van der Waals surface area contributed by atoms with Crippen LogP contribution in [-0.2, 0) is 9.53 Å². The number of para-hydroxylation sites is 1. The van der Waals surface area contributed by atoms with Gasteiger partial charge in [-0.05, 0) is 44.0 Å². The SMILES string of the molecule is C[C@@H](Sc1nnc(-c2ccco2)n1-c1ccccc1)C(=O)NC[C@@H]1CCCO1. The Balaban J connectivity index is 1.53. The molecule has 0 bridgehead atoms. The molecule has 1 aromatic carbocycles. The van der Waals surface area contributed by atoms with Crippen LogP contribution in [0.25, 0.3) is 17.3 Å². The number of amides is 1. The number of aromatic nitrogens is 3. The minimum Gasteiger partial charge on any atom is -0.461 e. The van der Waals surface area contributed by atoms with E-state index in [0.717, 1.165) is 25.1 Å². The molecule has 2 atom stereocenters. The number of benzene rings is 1. The molecule has 28 heavy (non-hydrogen) atoms. The molecule has 2 aromatic heterocycles. The summed E-state index contributed by atoms with van der Waals surface area (Å²) >= 11 is 1.37. The number of carbonyl (C=O) groups excluding carboxylic acids is 1. The molecular weight excluding hydrogens is 376 g/mol. The molecule has 1 fully saturated rings. The standard InChI is InChI=1S/C20H22N4O3S/c1-14(19(25)21-13-16-9-5-11-26-16)28-20-23-22-18(17-10-6-12-27-17)24(20)15-7-3-2-4-8-15/h2-4,6-8,10,12,14,16H,5,9,11,13H2,1H3,(H,21,25)/t14-,16+/m1/s1. The van der Waals surface area contributed by atoms with Crippen LogP contribution in [0.5, 0.6) is 0 Å². The lowest BCUT2D eigenvalue weighted by Crippen LogP contribution is -2.36. The molecule has 0 radical (unpaired) electrons. The van der Waals surface area contributed by atoms with Gasteiger partial charge >= 0.3 is 0 Å². The monoisotopic (exact) mass is 398 g/mol. The highest BCUT2D eigenvalue weighted by atomic mass is 32.2. The summed E-state index contributed by atoms with van der Waals surface area (Å²) < 4.78 is 13.0. The Hall–Kier alpha value is -2.58. The van der Waals surface area contributed by atoms with Gasteiger partial charge in [0.05, 0.1) is 17.6 Å². The molecule has 3 heterocycles. The van der Waals surface area contributed by atoms with Gasteiger partial charge in [-0.2, -0.15) is 0 Å². The van der Waals surface area contributed by atoms with Gasteiger partial charge < -0.3 is 14.5 Å². The van der Waals surface area contributed by atoms with E-state index in [9.17, 15) is 4.79 Å². The maximum Gasteiger partial charge on any atom is 0.233 e. The van der Waals surface area contributed by atoms with Crippen LogP contribution in [-0.4, -0.2) is 45.2 Å². The lowest BCUT2D eigenvalue weighted by atomic mass is 10.2. The third-order valence-corrected chi connectivity index (χ3v) is 5.61. The quantitative estimate of drug-likeness (QED) is 0.615. The minimum atomic E-state index is -0.322. The largest absolute Gasteiger partial charge is 0.461 e. The predicted octanol–water partition coefficient (Wildman–Crippen LogP) is 3.30. The summed E-state index contributed by atoms with van der Waals surface area (Å²) in [6.07, 6.45) is 3.78. The second-order valence-electron chi connectivity index (χ2n) is 6.59. The summed E-state index contributed by atoms with van der Waals surface area (Å²) in [4.78, 5) is 12.5. The molecule has 0 unspecified atom stereocenters. The number of rotatable bonds is 7. The van der Waals surface area contributed by atoms with E-state index in [4.69, 9.17) is 9.15 Å². The number of thioether (sulfide) groups is 1. The average molecular weight is 398 g/mol. The minimum absolute atomic E-state index is 0.0392. The number of ether oxygens (including phenoxy) is 1. The molecular formula is C20H22N4O3S. The smallest absolute Gasteiger partial charge is 0.233 e. The molecule has 0 spiro atoms. The first-order valence-electron chi connectivity index (χ1n) is 9.33. The van der Waals surface area contributed by atoms with Gasteiger partial charge in [-0.1, -0.05) is 30.0 Å². The Bertz CT molecular complexity index is 905. The highest BCUT2D eigenvalue weighted by molar-refractivity contribution is 8.00. The van der Waals surface area contributed by atoms with E-state index < -0.39 is 0 Å². The second-order valence-corrected chi connectivity index (χ2v) is 7.90. The molecule has 1 amide bonds. The van der Waals surface area contributed by atoms with Gasteiger partial charge in [0.2, 0.25) is 11.7 Å². The third kappa shape index (κ3) is 4.13. The molecule has 1 N–H and O–H groups in total. The van der Waals surface area contributed by atoms with Crippen LogP contribution < -0.4 is 5.32 Å². The summed E-state index contributed by atoms with van der Waals surface area (Å²) in [7, 11) is 0. The fourth-order valence-corrected chi connectivity index (χ4v) is 3.99. The Morgan fingerprint density at radius 1 is 1.29 bits per heavy atom. The second kappa shape index (κ2) is 8.62. The summed E-state index contributed by atoms with van der Waals surface area (Å²) in [6, 6.07) is 13.5. The highest BCUT2D eigenvalue weighted by Gasteiger charge is 2.24. The maximum atomic E-state index is 12.5. The van der Waals surface area contributed by atoms with E-state index in [2.05, 4.69) is 15.5 Å². The van der Waals surface area contributed by atoms with Gasteiger partial charge in [0, 0.05) is 18.8 Å². The molecule has 146 valence electrons. The number of furan rings is 1. The molecule has 1 saturated heterocycles. The van der Waals surface area contributed by atoms with Gasteiger partial charge in [0.1, 0.15) is 0 Å². The first-order chi connectivity index (χ1) is 13.7. The fourth-order valence-electron chi connectivity index (χ4n) is 3.10. The van der Waals surface area contributed by atoms with Crippen LogP contribution in [0.4, 0.5) is 0 Å². The summed E-state index contributed by atoms with van der Waals surface area (Å²) in [6.45, 7) is 3.19. The topological polar surface area (TPSA) is 82.2 Å². The molecule has 1 aliphatic rings. The van der Waals surface area contributed by atoms with Crippen LogP contribution in [0.1, 0.15) is 19.8 Å². The van der Waals surface area contributed by atoms with E-state index in [1.807, 2.05) is 54.0 Å². The lowest BCUT2D eigenvalue weighted by Gasteiger charge is -2.15. The van der Waals surface area contributed by atoms with E-state index in [1.165, 1.54) is 11.8 Å². The normalized spacial score (nSPS) is 17.5. The Labute approximate surface area is 167 Å². The van der Waals surface area contributed by atoms with Crippen molar-refractivity contribution < 1.29 is 13.9 Å². The number of nitrogens with one attached hydrogen (secondary N) is 1. The van der Waals surface area contributed by atoms with Crippen molar-refractivity contribution in [3.05, 3.63) is 48.7 Å². The van der Waals surface area contributed by atoms with Crippen molar-refractivity contribution in [3.63, 3.8) is 0 Å². The lowest BCUT2D eigenvalue weighted by molar-refractivity contribution is -0.120. The van der Waals surface area contributed by atoms with Crippen LogP contribution in [0.15, 0.2) is 58.3 Å². The molecule has 8 heteroatoms. The Morgan fingerprint density at radius 3 is 2.86 bits per heavy atom. The zero-order valence-corrected chi connectivity index (χ0v) is 16.4. The number of hydrogen-bond acceptors (Lipinski definition) is 6. The van der Waals surface area contributed by atoms with Gasteiger partial charge in [-0.15, -0.1) is 10.2 Å². The maximum absolute atomic E-state index is 12.5. The van der Waals surface area contributed by atoms with Gasteiger partial charge in [0.25, 0.3) is 0 Å². The first-order valence-corrected chi connectivity index (χ1v) is 10.2. The molecule has 1 aliphatic heterocycles.